The van der Waals surface area contributed by atoms with E-state index in [-0.39, 0.29) is 11.6 Å². The van der Waals surface area contributed by atoms with Gasteiger partial charge >= 0.3 is 6.09 Å². The average molecular weight is 448 g/mol. The number of nitrogens with one attached hydrogen (secondary N) is 1. The predicted molar refractivity (Wildman–Crippen MR) is 112 cm³/mol. The van der Waals surface area contributed by atoms with Crippen molar-refractivity contribution in [3.63, 3.8) is 0 Å². The lowest BCUT2D eigenvalue weighted by atomic mass is 10.1. The first-order chi connectivity index (χ1) is 13.2. The number of hydroxylamine groups is 2. The van der Waals surface area contributed by atoms with Crippen molar-refractivity contribution in [2.75, 3.05) is 0 Å². The fourth-order valence-electron chi connectivity index (χ4n) is 3.41. The van der Waals surface area contributed by atoms with Crippen molar-refractivity contribution in [1.29, 1.82) is 0 Å². The molecule has 0 spiro atoms. The molecule has 0 aliphatic heterocycles. The van der Waals surface area contributed by atoms with Gasteiger partial charge < -0.3 is 14.9 Å². The highest BCUT2D eigenvalue weighted by atomic mass is 79.9. The number of aryl methyl sites for hydroxylation is 1. The second-order valence-corrected chi connectivity index (χ2v) is 8.13. The summed E-state index contributed by atoms with van der Waals surface area (Å²) in [6.07, 6.45) is 1.15. The molecule has 1 atom stereocenters. The van der Waals surface area contributed by atoms with E-state index in [9.17, 15) is 14.7 Å². The van der Waals surface area contributed by atoms with Gasteiger partial charge in [0.25, 0.3) is 5.56 Å². The minimum Gasteiger partial charge on any atom is -0.463 e. The third-order valence-corrected chi connectivity index (χ3v) is 5.20. The lowest BCUT2D eigenvalue weighted by molar-refractivity contribution is -0.0686. The Balaban J connectivity index is 2.10. The maximum absolute atomic E-state index is 12.5. The molecule has 3 rings (SSSR count). The lowest BCUT2D eigenvalue weighted by Crippen LogP contribution is -2.41. The molecule has 8 heteroatoms. The molecule has 1 amide bonds. The minimum absolute atomic E-state index is 0.246. The fraction of sp³-hybridized carbons (Fsp3) is 0.350. The highest BCUT2D eigenvalue weighted by Gasteiger charge is 2.24. The molecule has 0 saturated carbocycles. The van der Waals surface area contributed by atoms with Crippen molar-refractivity contribution < 1.29 is 14.7 Å². The summed E-state index contributed by atoms with van der Waals surface area (Å²) in [5.41, 5.74) is 0.962. The molecule has 1 aromatic carbocycles. The molecule has 0 bridgehead atoms. The van der Waals surface area contributed by atoms with Crippen LogP contribution in [0.3, 0.4) is 0 Å². The maximum atomic E-state index is 12.5. The van der Waals surface area contributed by atoms with Crippen LogP contribution in [0.25, 0.3) is 21.7 Å². The standard InChI is InChI=1S/C20H22BrN3O4/c1-10(2)7-11(3)24(20(26)27)28-17-9-16-14(8-15(17)21)13-5-6-22-12(4)18(13)19(25)23-16/h5-6,8-11H,7H2,1-4H3,(H,23,25)(H,26,27). The van der Waals surface area contributed by atoms with Gasteiger partial charge in [-0.1, -0.05) is 13.8 Å². The van der Waals surface area contributed by atoms with Gasteiger partial charge in [0.1, 0.15) is 0 Å². The van der Waals surface area contributed by atoms with Gasteiger partial charge in [0.05, 0.1) is 27.1 Å². The van der Waals surface area contributed by atoms with Crippen LogP contribution in [0.5, 0.6) is 5.75 Å². The van der Waals surface area contributed by atoms with Crippen LogP contribution in [0, 0.1) is 12.8 Å². The van der Waals surface area contributed by atoms with Gasteiger partial charge in [-0.25, -0.2) is 4.79 Å². The second kappa shape index (κ2) is 7.79. The molecule has 1 unspecified atom stereocenters. The molecule has 0 aliphatic rings. The van der Waals surface area contributed by atoms with E-state index in [0.29, 0.717) is 39.2 Å². The Labute approximate surface area is 170 Å². The predicted octanol–water partition coefficient (Wildman–Crippen LogP) is 4.86. The van der Waals surface area contributed by atoms with Crippen molar-refractivity contribution >= 4 is 43.7 Å². The summed E-state index contributed by atoms with van der Waals surface area (Å²) in [6.45, 7) is 7.63. The lowest BCUT2D eigenvalue weighted by Gasteiger charge is -2.27. The minimum atomic E-state index is -1.17. The summed E-state index contributed by atoms with van der Waals surface area (Å²) < 4.78 is 0.589. The molecular formula is C20H22BrN3O4. The topological polar surface area (TPSA) is 95.5 Å². The number of nitrogens with zero attached hydrogens (tertiary/aromatic N) is 2. The Hall–Kier alpha value is -2.61. The Kier molecular flexibility index (Phi) is 5.60. The van der Waals surface area contributed by atoms with Crippen LogP contribution in [0.15, 0.2) is 33.7 Å². The largest absolute Gasteiger partial charge is 0.463 e. The second-order valence-electron chi connectivity index (χ2n) is 7.28. The zero-order valence-corrected chi connectivity index (χ0v) is 17.7. The molecule has 2 N–H and O–H groups in total. The molecule has 0 saturated heterocycles. The molecular weight excluding hydrogens is 426 g/mol. The van der Waals surface area contributed by atoms with Crippen molar-refractivity contribution in [2.24, 2.45) is 5.92 Å². The number of halogens is 1. The fourth-order valence-corrected chi connectivity index (χ4v) is 3.83. The van der Waals surface area contributed by atoms with E-state index in [1.165, 1.54) is 0 Å². The van der Waals surface area contributed by atoms with Gasteiger partial charge in [0, 0.05) is 17.6 Å². The van der Waals surface area contributed by atoms with Crippen molar-refractivity contribution in [3.05, 3.63) is 44.9 Å². The van der Waals surface area contributed by atoms with Gasteiger partial charge in [-0.3, -0.25) is 9.78 Å². The zero-order valence-electron chi connectivity index (χ0n) is 16.1. The van der Waals surface area contributed by atoms with Crippen LogP contribution in [0.1, 0.15) is 32.9 Å². The van der Waals surface area contributed by atoms with Crippen LogP contribution < -0.4 is 10.4 Å². The first kappa shape index (κ1) is 20.1. The SMILES string of the molecule is Cc1nccc2c1c(=O)[nH]c1cc(ON(C(=O)O)C(C)CC(C)C)c(Br)cc12. The Morgan fingerprint density at radius 3 is 2.68 bits per heavy atom. The number of hydrogen-bond donors (Lipinski definition) is 2. The summed E-state index contributed by atoms with van der Waals surface area (Å²) >= 11 is 3.47. The van der Waals surface area contributed by atoms with E-state index in [1.54, 1.807) is 32.2 Å². The van der Waals surface area contributed by atoms with Crippen LogP contribution >= 0.6 is 15.9 Å². The number of rotatable bonds is 5. The number of fused-ring (bicyclic) bond motifs is 3. The number of H-pyrrole nitrogens is 1. The smallest absolute Gasteiger partial charge is 0.440 e. The van der Waals surface area contributed by atoms with Crippen molar-refractivity contribution in [3.8, 4) is 5.75 Å². The highest BCUT2D eigenvalue weighted by molar-refractivity contribution is 9.10. The molecule has 2 heterocycles. The van der Waals surface area contributed by atoms with Crippen LogP contribution in [-0.2, 0) is 0 Å². The Bertz CT molecular complexity index is 1110. The molecule has 2 aromatic heterocycles. The molecule has 28 heavy (non-hydrogen) atoms. The summed E-state index contributed by atoms with van der Waals surface area (Å²) in [7, 11) is 0. The van der Waals surface area contributed by atoms with Crippen molar-refractivity contribution in [2.45, 2.75) is 40.2 Å². The summed E-state index contributed by atoms with van der Waals surface area (Å²) in [4.78, 5) is 36.9. The number of benzene rings is 1. The third kappa shape index (κ3) is 3.82. The van der Waals surface area contributed by atoms with E-state index in [2.05, 4.69) is 25.9 Å². The van der Waals surface area contributed by atoms with Crippen LogP contribution in [0.2, 0.25) is 0 Å². The van der Waals surface area contributed by atoms with Gasteiger partial charge in [-0.05, 0) is 59.6 Å². The summed E-state index contributed by atoms with van der Waals surface area (Å²) in [6, 6.07) is 4.91. The normalized spacial score (nSPS) is 12.5. The van der Waals surface area contributed by atoms with Gasteiger partial charge in [0.15, 0.2) is 5.75 Å². The first-order valence-corrected chi connectivity index (χ1v) is 9.79. The van der Waals surface area contributed by atoms with Gasteiger partial charge in [-0.2, -0.15) is 0 Å². The van der Waals surface area contributed by atoms with E-state index < -0.39 is 6.09 Å². The molecule has 3 aromatic rings. The molecule has 0 fully saturated rings. The van der Waals surface area contributed by atoms with Crippen molar-refractivity contribution in [1.82, 2.24) is 15.0 Å². The number of hydrogen-bond acceptors (Lipinski definition) is 4. The quantitative estimate of drug-likeness (QED) is 0.430. The average Bonchev–Trinajstić information content (AvgIpc) is 2.59. The summed E-state index contributed by atoms with van der Waals surface area (Å²) in [5, 5.41) is 12.6. The van der Waals surface area contributed by atoms with Crippen LogP contribution in [-0.4, -0.2) is 32.3 Å². The first-order valence-electron chi connectivity index (χ1n) is 9.00. The number of aromatic amines is 1. The Morgan fingerprint density at radius 1 is 1.32 bits per heavy atom. The van der Waals surface area contributed by atoms with Gasteiger partial charge in [0.2, 0.25) is 0 Å². The Morgan fingerprint density at radius 2 is 2.04 bits per heavy atom. The van der Waals surface area contributed by atoms with Gasteiger partial charge in [-0.15, -0.1) is 5.06 Å². The van der Waals surface area contributed by atoms with E-state index in [4.69, 9.17) is 4.84 Å². The number of aromatic nitrogens is 2. The number of carboxylic acid groups (broad SMARTS) is 1. The molecule has 7 nitrogen and oxygen atoms in total. The number of pyridine rings is 2. The van der Waals surface area contributed by atoms with E-state index >= 15 is 0 Å². The van der Waals surface area contributed by atoms with E-state index in [0.717, 1.165) is 15.8 Å². The molecule has 0 aliphatic carbocycles. The monoisotopic (exact) mass is 447 g/mol. The van der Waals surface area contributed by atoms with E-state index in [1.807, 2.05) is 19.9 Å². The number of carbonyl (C=O) groups is 1. The molecule has 148 valence electrons. The third-order valence-electron chi connectivity index (χ3n) is 4.58. The molecule has 0 radical (unpaired) electrons. The van der Waals surface area contributed by atoms with Crippen LogP contribution in [0.4, 0.5) is 4.79 Å². The zero-order chi connectivity index (χ0) is 20.6. The maximum Gasteiger partial charge on any atom is 0.440 e. The number of amides is 1. The summed E-state index contributed by atoms with van der Waals surface area (Å²) in [5.74, 6) is 0.631. The highest BCUT2D eigenvalue weighted by Crippen LogP contribution is 2.33.